The Labute approximate surface area is 164 Å². The van der Waals surface area contributed by atoms with E-state index < -0.39 is 12.1 Å². The Bertz CT molecular complexity index is 804. The molecule has 1 aliphatic heterocycles. The molecule has 148 valence electrons. The summed E-state index contributed by atoms with van der Waals surface area (Å²) < 4.78 is 5.19. The van der Waals surface area contributed by atoms with Gasteiger partial charge in [-0.2, -0.15) is 0 Å². The highest BCUT2D eigenvalue weighted by Gasteiger charge is 2.38. The van der Waals surface area contributed by atoms with Crippen LogP contribution in [0.15, 0.2) is 53.1 Å². The third kappa shape index (κ3) is 5.22. The van der Waals surface area contributed by atoms with Gasteiger partial charge >= 0.3 is 6.03 Å². The molecule has 7 heteroatoms. The fourth-order valence-corrected chi connectivity index (χ4v) is 3.20. The molecule has 0 spiro atoms. The summed E-state index contributed by atoms with van der Waals surface area (Å²) in [5, 5.41) is 5.59. The minimum Gasteiger partial charge on any atom is -0.467 e. The molecule has 1 aliphatic rings. The normalized spacial score (nSPS) is 17.5. The summed E-state index contributed by atoms with van der Waals surface area (Å²) in [4.78, 5) is 37.7. The van der Waals surface area contributed by atoms with Gasteiger partial charge in [-0.1, -0.05) is 30.3 Å². The number of benzene rings is 1. The number of aryl methyl sites for hydroxylation is 1. The monoisotopic (exact) mass is 383 g/mol. The standard InChI is InChI=1S/C21H25N3O4/c1-15(9-10-16-6-3-2-4-7-16)22-19(25)12-11-18-20(26)24(21(27)23-18)14-17-8-5-13-28-17/h2-8,13,15,18H,9-12,14H2,1H3,(H,22,25)(H,23,27)/t15-,18+/m1/s1. The maximum Gasteiger partial charge on any atom is 0.325 e. The number of rotatable bonds is 9. The molecule has 0 unspecified atom stereocenters. The highest BCUT2D eigenvalue weighted by atomic mass is 16.3. The van der Waals surface area contributed by atoms with Crippen molar-refractivity contribution in [2.24, 2.45) is 0 Å². The Morgan fingerprint density at radius 2 is 2.00 bits per heavy atom. The minimum absolute atomic E-state index is 0.0389. The van der Waals surface area contributed by atoms with Gasteiger partial charge in [0.25, 0.3) is 5.91 Å². The van der Waals surface area contributed by atoms with Crippen LogP contribution in [0.4, 0.5) is 4.79 Å². The molecule has 1 aromatic heterocycles. The summed E-state index contributed by atoms with van der Waals surface area (Å²) in [6.45, 7) is 2.06. The van der Waals surface area contributed by atoms with Crippen molar-refractivity contribution in [1.29, 1.82) is 0 Å². The van der Waals surface area contributed by atoms with E-state index in [1.807, 2.05) is 25.1 Å². The molecule has 3 rings (SSSR count). The SMILES string of the molecule is C[C@H](CCc1ccccc1)NC(=O)CC[C@@H]1NC(=O)N(Cc2ccco2)C1=O. The number of hydrogen-bond donors (Lipinski definition) is 2. The lowest BCUT2D eigenvalue weighted by Crippen LogP contribution is -2.35. The van der Waals surface area contributed by atoms with Gasteiger partial charge in [0.1, 0.15) is 11.8 Å². The number of carbonyl (C=O) groups excluding carboxylic acids is 3. The van der Waals surface area contributed by atoms with Crippen LogP contribution in [-0.4, -0.2) is 34.8 Å². The zero-order chi connectivity index (χ0) is 19.9. The summed E-state index contributed by atoms with van der Waals surface area (Å²) in [6.07, 6.45) is 3.68. The van der Waals surface area contributed by atoms with Gasteiger partial charge in [-0.3, -0.25) is 14.5 Å². The fraction of sp³-hybridized carbons (Fsp3) is 0.381. The first kappa shape index (κ1) is 19.7. The van der Waals surface area contributed by atoms with Crippen LogP contribution < -0.4 is 10.6 Å². The molecule has 2 atom stereocenters. The van der Waals surface area contributed by atoms with Crippen LogP contribution in [-0.2, 0) is 22.6 Å². The molecule has 0 aliphatic carbocycles. The number of nitrogens with one attached hydrogen (secondary N) is 2. The van der Waals surface area contributed by atoms with E-state index in [1.165, 1.54) is 11.8 Å². The zero-order valence-electron chi connectivity index (χ0n) is 15.9. The fourth-order valence-electron chi connectivity index (χ4n) is 3.20. The van der Waals surface area contributed by atoms with Crippen LogP contribution in [0.3, 0.4) is 0 Å². The number of carbonyl (C=O) groups is 3. The van der Waals surface area contributed by atoms with Crippen molar-refractivity contribution < 1.29 is 18.8 Å². The molecular formula is C21H25N3O4. The number of imide groups is 1. The smallest absolute Gasteiger partial charge is 0.325 e. The molecule has 2 N–H and O–H groups in total. The van der Waals surface area contributed by atoms with E-state index in [1.54, 1.807) is 12.1 Å². The molecule has 1 saturated heterocycles. The maximum absolute atomic E-state index is 12.4. The quantitative estimate of drug-likeness (QED) is 0.651. The van der Waals surface area contributed by atoms with Crippen LogP contribution in [0.25, 0.3) is 0 Å². The van der Waals surface area contributed by atoms with Crippen LogP contribution >= 0.6 is 0 Å². The summed E-state index contributed by atoms with van der Waals surface area (Å²) in [5.74, 6) is 0.0903. The lowest BCUT2D eigenvalue weighted by atomic mass is 10.1. The summed E-state index contributed by atoms with van der Waals surface area (Å²) in [5.41, 5.74) is 1.24. The molecule has 0 radical (unpaired) electrons. The lowest BCUT2D eigenvalue weighted by Gasteiger charge is -2.15. The third-order valence-electron chi connectivity index (χ3n) is 4.78. The van der Waals surface area contributed by atoms with E-state index in [0.29, 0.717) is 5.76 Å². The van der Waals surface area contributed by atoms with Gasteiger partial charge in [-0.25, -0.2) is 4.79 Å². The average molecular weight is 383 g/mol. The Morgan fingerprint density at radius 1 is 1.21 bits per heavy atom. The molecule has 2 aromatic rings. The first-order valence-electron chi connectivity index (χ1n) is 9.50. The van der Waals surface area contributed by atoms with Gasteiger partial charge in [0.2, 0.25) is 5.91 Å². The van der Waals surface area contributed by atoms with Crippen LogP contribution in [0.2, 0.25) is 0 Å². The number of amides is 4. The minimum atomic E-state index is -0.673. The van der Waals surface area contributed by atoms with Gasteiger partial charge < -0.3 is 15.1 Å². The van der Waals surface area contributed by atoms with Crippen molar-refractivity contribution in [2.45, 2.75) is 51.2 Å². The Kier molecular flexibility index (Phi) is 6.47. The number of furan rings is 1. The van der Waals surface area contributed by atoms with Gasteiger partial charge in [-0.05, 0) is 43.9 Å². The topological polar surface area (TPSA) is 91.7 Å². The summed E-state index contributed by atoms with van der Waals surface area (Å²) >= 11 is 0. The number of nitrogens with zero attached hydrogens (tertiary/aromatic N) is 1. The number of urea groups is 1. The Hall–Kier alpha value is -3.09. The molecule has 1 fully saturated rings. The van der Waals surface area contributed by atoms with Crippen molar-refractivity contribution in [3.05, 3.63) is 60.1 Å². The predicted octanol–water partition coefficient (Wildman–Crippen LogP) is 2.62. The first-order chi connectivity index (χ1) is 13.5. The van der Waals surface area contributed by atoms with Gasteiger partial charge in [-0.15, -0.1) is 0 Å². The Balaban J connectivity index is 1.40. The van der Waals surface area contributed by atoms with E-state index in [-0.39, 0.29) is 37.2 Å². The van der Waals surface area contributed by atoms with Crippen molar-refractivity contribution in [3.8, 4) is 0 Å². The largest absolute Gasteiger partial charge is 0.467 e. The van der Waals surface area contributed by atoms with E-state index in [9.17, 15) is 14.4 Å². The van der Waals surface area contributed by atoms with Crippen LogP contribution in [0, 0.1) is 0 Å². The second-order valence-electron chi connectivity index (χ2n) is 7.04. The van der Waals surface area contributed by atoms with E-state index in [4.69, 9.17) is 4.42 Å². The number of hydrogen-bond acceptors (Lipinski definition) is 4. The highest BCUT2D eigenvalue weighted by Crippen LogP contribution is 2.15. The second kappa shape index (κ2) is 9.21. The highest BCUT2D eigenvalue weighted by molar-refractivity contribution is 6.04. The zero-order valence-corrected chi connectivity index (χ0v) is 15.9. The maximum atomic E-state index is 12.4. The average Bonchev–Trinajstić information content (AvgIpc) is 3.29. The molecule has 0 bridgehead atoms. The summed E-state index contributed by atoms with van der Waals surface area (Å²) in [7, 11) is 0. The Morgan fingerprint density at radius 3 is 2.71 bits per heavy atom. The van der Waals surface area contributed by atoms with Crippen LogP contribution in [0.1, 0.15) is 37.5 Å². The molecule has 1 aromatic carbocycles. The van der Waals surface area contributed by atoms with Crippen molar-refractivity contribution in [2.75, 3.05) is 0 Å². The molecule has 7 nitrogen and oxygen atoms in total. The van der Waals surface area contributed by atoms with Crippen molar-refractivity contribution in [3.63, 3.8) is 0 Å². The van der Waals surface area contributed by atoms with E-state index in [0.717, 1.165) is 17.7 Å². The lowest BCUT2D eigenvalue weighted by molar-refractivity contribution is -0.128. The predicted molar refractivity (Wildman–Crippen MR) is 103 cm³/mol. The van der Waals surface area contributed by atoms with Crippen molar-refractivity contribution >= 4 is 17.8 Å². The first-order valence-corrected chi connectivity index (χ1v) is 9.50. The third-order valence-corrected chi connectivity index (χ3v) is 4.78. The van der Waals surface area contributed by atoms with Crippen LogP contribution in [0.5, 0.6) is 0 Å². The molecular weight excluding hydrogens is 358 g/mol. The van der Waals surface area contributed by atoms with Gasteiger partial charge in [0.15, 0.2) is 0 Å². The molecule has 2 heterocycles. The molecule has 28 heavy (non-hydrogen) atoms. The molecule has 0 saturated carbocycles. The summed E-state index contributed by atoms with van der Waals surface area (Å²) in [6, 6.07) is 12.4. The van der Waals surface area contributed by atoms with Crippen molar-refractivity contribution in [1.82, 2.24) is 15.5 Å². The van der Waals surface area contributed by atoms with Gasteiger partial charge in [0, 0.05) is 12.5 Å². The molecule has 4 amide bonds. The second-order valence-corrected chi connectivity index (χ2v) is 7.04. The van der Waals surface area contributed by atoms with E-state index >= 15 is 0 Å². The van der Waals surface area contributed by atoms with E-state index in [2.05, 4.69) is 22.8 Å². The van der Waals surface area contributed by atoms with Gasteiger partial charge in [0.05, 0.1) is 12.8 Å².